The summed E-state index contributed by atoms with van der Waals surface area (Å²) < 4.78 is 5.26. The number of hydrogen-bond acceptors (Lipinski definition) is 5. The summed E-state index contributed by atoms with van der Waals surface area (Å²) in [4.78, 5) is 19.9. The van der Waals surface area contributed by atoms with E-state index in [1.165, 1.54) is 0 Å². The Balaban J connectivity index is 1.84. The number of aliphatic hydroxyl groups excluding tert-OH is 1. The van der Waals surface area contributed by atoms with Crippen LogP contribution in [0.1, 0.15) is 74.8 Å². The van der Waals surface area contributed by atoms with Crippen molar-refractivity contribution in [2.75, 3.05) is 13.2 Å². The molecule has 6 nitrogen and oxygen atoms in total. The highest BCUT2D eigenvalue weighted by molar-refractivity contribution is 6.08. The van der Waals surface area contributed by atoms with Gasteiger partial charge < -0.3 is 9.63 Å². The molecule has 1 aromatic heterocycles. The van der Waals surface area contributed by atoms with Crippen LogP contribution in [0.5, 0.6) is 0 Å². The maximum atomic E-state index is 13.2. The first-order valence-electron chi connectivity index (χ1n) is 9.46. The van der Waals surface area contributed by atoms with E-state index in [1.54, 1.807) is 0 Å². The molecule has 0 aromatic carbocycles. The van der Waals surface area contributed by atoms with Crippen LogP contribution in [-0.4, -0.2) is 45.6 Å². The number of aliphatic hydroxyl groups is 1. The Kier molecular flexibility index (Phi) is 5.27. The van der Waals surface area contributed by atoms with Crippen LogP contribution >= 0.6 is 0 Å². The molecule has 2 aliphatic rings. The second-order valence-corrected chi connectivity index (χ2v) is 7.41. The predicted molar refractivity (Wildman–Crippen MR) is 95.7 cm³/mol. The van der Waals surface area contributed by atoms with E-state index in [4.69, 9.17) is 9.52 Å². The fraction of sp³-hybridized carbons (Fsp3) is 0.737. The largest absolute Gasteiger partial charge is 0.396 e. The molecular weight excluding hydrogens is 318 g/mol. The van der Waals surface area contributed by atoms with E-state index in [0.29, 0.717) is 6.54 Å². The summed E-state index contributed by atoms with van der Waals surface area (Å²) >= 11 is 0. The maximum Gasteiger partial charge on any atom is 0.255 e. The summed E-state index contributed by atoms with van der Waals surface area (Å²) in [6.45, 7) is 6.31. The Morgan fingerprint density at radius 3 is 2.60 bits per heavy atom. The number of carbonyl (C=O) groups is 1. The van der Waals surface area contributed by atoms with Crippen molar-refractivity contribution in [1.82, 2.24) is 10.1 Å². The molecule has 1 amide bonds. The summed E-state index contributed by atoms with van der Waals surface area (Å²) in [5.41, 5.74) is 1.17. The summed E-state index contributed by atoms with van der Waals surface area (Å²) in [6.07, 6.45) is 6.74. The lowest BCUT2D eigenvalue weighted by Gasteiger charge is -2.25. The predicted octanol–water partition coefficient (Wildman–Crippen LogP) is 3.11. The summed E-state index contributed by atoms with van der Waals surface area (Å²) in [6, 6.07) is 0. The molecule has 1 atom stereocenters. The van der Waals surface area contributed by atoms with E-state index >= 15 is 0 Å². The van der Waals surface area contributed by atoms with Gasteiger partial charge in [-0.3, -0.25) is 14.7 Å². The highest BCUT2D eigenvalue weighted by Crippen LogP contribution is 2.40. The number of unbranched alkanes of at least 4 members (excludes halogenated alkanes) is 1. The number of aromatic nitrogens is 1. The third kappa shape index (κ3) is 3.24. The Hall–Kier alpha value is -1.69. The molecule has 1 aliphatic carbocycles. The molecule has 25 heavy (non-hydrogen) atoms. The average Bonchev–Trinajstić information content (AvgIpc) is 3.28. The van der Waals surface area contributed by atoms with Crippen LogP contribution in [0.3, 0.4) is 0 Å². The Bertz CT molecular complexity index is 659. The van der Waals surface area contributed by atoms with Crippen molar-refractivity contribution < 1.29 is 14.4 Å². The monoisotopic (exact) mass is 347 g/mol. The van der Waals surface area contributed by atoms with Crippen molar-refractivity contribution in [2.24, 2.45) is 4.99 Å². The van der Waals surface area contributed by atoms with Gasteiger partial charge in [0, 0.05) is 24.4 Å². The minimum atomic E-state index is -0.530. The molecule has 1 fully saturated rings. The highest BCUT2D eigenvalue weighted by Gasteiger charge is 2.49. The van der Waals surface area contributed by atoms with Gasteiger partial charge in [0.2, 0.25) is 0 Å². The quantitative estimate of drug-likeness (QED) is 0.822. The van der Waals surface area contributed by atoms with Gasteiger partial charge in [-0.15, -0.1) is 0 Å². The first-order valence-corrected chi connectivity index (χ1v) is 9.46. The van der Waals surface area contributed by atoms with Crippen LogP contribution in [0.15, 0.2) is 9.52 Å². The van der Waals surface area contributed by atoms with Crippen LogP contribution in [0.4, 0.5) is 0 Å². The fourth-order valence-corrected chi connectivity index (χ4v) is 3.99. The number of aliphatic imine (C=N–C) groups is 1. The second kappa shape index (κ2) is 7.28. The van der Waals surface area contributed by atoms with E-state index in [2.05, 4.69) is 12.1 Å². The molecule has 138 valence electrons. The second-order valence-electron chi connectivity index (χ2n) is 7.41. The van der Waals surface area contributed by atoms with Gasteiger partial charge in [0.25, 0.3) is 5.91 Å². The number of hydrogen-bond donors (Lipinski definition) is 1. The number of carbonyl (C=O) groups excluding carboxylic acids is 1. The molecule has 1 aliphatic heterocycles. The van der Waals surface area contributed by atoms with Gasteiger partial charge in [-0.25, -0.2) is 0 Å². The van der Waals surface area contributed by atoms with Gasteiger partial charge in [-0.1, -0.05) is 31.3 Å². The zero-order chi connectivity index (χ0) is 18.0. The van der Waals surface area contributed by atoms with Crippen molar-refractivity contribution in [1.29, 1.82) is 0 Å². The highest BCUT2D eigenvalue weighted by atomic mass is 16.5. The SMILES string of the molecule is CCCCC1=NC2(CCCC2)C(=O)N1CC(CO)c1noc(C)c1C. The van der Waals surface area contributed by atoms with Crippen LogP contribution in [0.25, 0.3) is 0 Å². The molecule has 1 saturated carbocycles. The first-order chi connectivity index (χ1) is 12.0. The van der Waals surface area contributed by atoms with Crippen molar-refractivity contribution in [3.8, 4) is 0 Å². The topological polar surface area (TPSA) is 78.9 Å². The standard InChI is InChI=1S/C19H29N3O3/c1-4-5-8-16-20-19(9-6-7-10-19)18(24)22(16)11-15(12-23)17-13(2)14(3)25-21-17/h15,23H,4-12H2,1-3H3. The minimum Gasteiger partial charge on any atom is -0.396 e. The molecule has 6 heteroatoms. The molecule has 1 N–H and O–H groups in total. The van der Waals surface area contributed by atoms with Gasteiger partial charge in [-0.05, 0) is 33.1 Å². The zero-order valence-electron chi connectivity index (χ0n) is 15.5. The van der Waals surface area contributed by atoms with Gasteiger partial charge in [0.1, 0.15) is 17.1 Å². The summed E-state index contributed by atoms with van der Waals surface area (Å²) in [5.74, 6) is 1.52. The van der Waals surface area contributed by atoms with Gasteiger partial charge in [-0.2, -0.15) is 0 Å². The lowest BCUT2D eigenvalue weighted by Crippen LogP contribution is -2.43. The van der Waals surface area contributed by atoms with Crippen LogP contribution in [-0.2, 0) is 4.79 Å². The molecule has 2 heterocycles. The maximum absolute atomic E-state index is 13.2. The third-order valence-electron chi connectivity index (χ3n) is 5.69. The van der Waals surface area contributed by atoms with Crippen molar-refractivity contribution in [2.45, 2.75) is 77.2 Å². The first kappa shape index (κ1) is 18.1. The Morgan fingerprint density at radius 2 is 2.04 bits per heavy atom. The van der Waals surface area contributed by atoms with E-state index in [1.807, 2.05) is 18.7 Å². The summed E-state index contributed by atoms with van der Waals surface area (Å²) in [7, 11) is 0. The molecule has 0 bridgehead atoms. The molecule has 3 rings (SSSR count). The lowest BCUT2D eigenvalue weighted by atomic mass is 9.96. The molecule has 0 saturated heterocycles. The Morgan fingerprint density at radius 1 is 1.32 bits per heavy atom. The molecule has 0 radical (unpaired) electrons. The van der Waals surface area contributed by atoms with Crippen molar-refractivity contribution in [3.63, 3.8) is 0 Å². The van der Waals surface area contributed by atoms with Crippen LogP contribution in [0, 0.1) is 13.8 Å². The van der Waals surface area contributed by atoms with Crippen LogP contribution in [0.2, 0.25) is 0 Å². The van der Waals surface area contributed by atoms with Gasteiger partial charge >= 0.3 is 0 Å². The normalized spacial score (nSPS) is 20.6. The average molecular weight is 347 g/mol. The molecule has 1 aromatic rings. The van der Waals surface area contributed by atoms with E-state index in [9.17, 15) is 9.90 Å². The number of nitrogens with zero attached hydrogens (tertiary/aromatic N) is 3. The minimum absolute atomic E-state index is 0.0648. The number of amidine groups is 1. The van der Waals surface area contributed by atoms with E-state index in [-0.39, 0.29) is 18.4 Å². The number of amides is 1. The van der Waals surface area contributed by atoms with Crippen LogP contribution < -0.4 is 0 Å². The Labute approximate surface area is 149 Å². The van der Waals surface area contributed by atoms with Crippen molar-refractivity contribution in [3.05, 3.63) is 17.0 Å². The van der Waals surface area contributed by atoms with Gasteiger partial charge in [0.05, 0.1) is 12.3 Å². The smallest absolute Gasteiger partial charge is 0.255 e. The number of rotatable bonds is 7. The van der Waals surface area contributed by atoms with E-state index < -0.39 is 5.54 Å². The summed E-state index contributed by atoms with van der Waals surface area (Å²) in [5, 5.41) is 14.0. The molecule has 1 unspecified atom stereocenters. The lowest BCUT2D eigenvalue weighted by molar-refractivity contribution is -0.131. The van der Waals surface area contributed by atoms with E-state index in [0.717, 1.165) is 67.8 Å². The van der Waals surface area contributed by atoms with Gasteiger partial charge in [0.15, 0.2) is 0 Å². The zero-order valence-corrected chi connectivity index (χ0v) is 15.5. The van der Waals surface area contributed by atoms with Crippen molar-refractivity contribution >= 4 is 11.7 Å². The fourth-order valence-electron chi connectivity index (χ4n) is 3.99. The third-order valence-corrected chi connectivity index (χ3v) is 5.69. The molecule has 1 spiro atoms. The number of aryl methyl sites for hydroxylation is 1. The molecular formula is C19H29N3O3.